The second-order valence-corrected chi connectivity index (χ2v) is 5.45. The third-order valence-corrected chi connectivity index (χ3v) is 3.88. The van der Waals surface area contributed by atoms with E-state index in [4.69, 9.17) is 0 Å². The Kier molecular flexibility index (Phi) is 3.27. The first-order valence-electron chi connectivity index (χ1n) is 6.13. The first-order valence-corrected chi connectivity index (χ1v) is 7.01. The van der Waals surface area contributed by atoms with Crippen LogP contribution in [0.5, 0.6) is 0 Å². The zero-order valence-corrected chi connectivity index (χ0v) is 11.7. The number of hydrogen-bond acceptors (Lipinski definition) is 5. The third kappa shape index (κ3) is 2.64. The Morgan fingerprint density at radius 2 is 2.16 bits per heavy atom. The Morgan fingerprint density at radius 3 is 2.95 bits per heavy atom. The predicted molar refractivity (Wildman–Crippen MR) is 75.1 cm³/mol. The van der Waals surface area contributed by atoms with Gasteiger partial charge < -0.3 is 5.32 Å². The molecule has 0 saturated carbocycles. The molecule has 0 spiro atoms. The number of rotatable bonds is 4. The standard InChI is InChI=1S/C13H15N5S/c1-9-3-13-15-5-11(7-18(13)17-9)4-14-6-12-10(2)16-8-19-12/h3,5,7-8,14H,4,6H2,1-2H3. The summed E-state index contributed by atoms with van der Waals surface area (Å²) in [6.45, 7) is 5.62. The average Bonchev–Trinajstić information content (AvgIpc) is 2.94. The van der Waals surface area contributed by atoms with Gasteiger partial charge in [-0.2, -0.15) is 5.10 Å². The summed E-state index contributed by atoms with van der Waals surface area (Å²) in [5.74, 6) is 0. The van der Waals surface area contributed by atoms with Crippen LogP contribution in [-0.4, -0.2) is 19.6 Å². The first kappa shape index (κ1) is 12.3. The number of aromatic nitrogens is 4. The van der Waals surface area contributed by atoms with Crippen LogP contribution in [0.25, 0.3) is 5.65 Å². The molecule has 3 rings (SSSR count). The highest BCUT2D eigenvalue weighted by Gasteiger charge is 2.03. The van der Waals surface area contributed by atoms with Crippen molar-refractivity contribution in [3.05, 3.63) is 45.8 Å². The number of nitrogens with one attached hydrogen (secondary N) is 1. The van der Waals surface area contributed by atoms with Crippen molar-refractivity contribution in [3.8, 4) is 0 Å². The van der Waals surface area contributed by atoms with Crippen LogP contribution in [0.15, 0.2) is 24.0 Å². The molecule has 0 atom stereocenters. The van der Waals surface area contributed by atoms with E-state index < -0.39 is 0 Å². The minimum absolute atomic E-state index is 0.777. The second-order valence-electron chi connectivity index (χ2n) is 4.52. The molecule has 0 aliphatic heterocycles. The number of nitrogens with zero attached hydrogens (tertiary/aromatic N) is 4. The highest BCUT2D eigenvalue weighted by molar-refractivity contribution is 7.09. The molecule has 0 fully saturated rings. The van der Waals surface area contributed by atoms with Crippen molar-refractivity contribution in [2.24, 2.45) is 0 Å². The highest BCUT2D eigenvalue weighted by Crippen LogP contribution is 2.11. The number of aryl methyl sites for hydroxylation is 2. The van der Waals surface area contributed by atoms with Gasteiger partial charge in [0.1, 0.15) is 0 Å². The van der Waals surface area contributed by atoms with E-state index in [0.29, 0.717) is 0 Å². The van der Waals surface area contributed by atoms with Gasteiger partial charge >= 0.3 is 0 Å². The Balaban J connectivity index is 1.66. The largest absolute Gasteiger partial charge is 0.308 e. The maximum absolute atomic E-state index is 4.39. The molecule has 0 saturated heterocycles. The van der Waals surface area contributed by atoms with Gasteiger partial charge in [-0.3, -0.25) is 0 Å². The number of thiazole rings is 1. The SMILES string of the molecule is Cc1cc2ncc(CNCc3scnc3C)cn2n1. The molecule has 0 bridgehead atoms. The van der Waals surface area contributed by atoms with Crippen LogP contribution in [0.2, 0.25) is 0 Å². The van der Waals surface area contributed by atoms with Crippen LogP contribution in [0.1, 0.15) is 21.8 Å². The molecule has 19 heavy (non-hydrogen) atoms. The van der Waals surface area contributed by atoms with E-state index in [1.54, 1.807) is 11.3 Å². The molecule has 3 aromatic heterocycles. The average molecular weight is 273 g/mol. The van der Waals surface area contributed by atoms with Crippen LogP contribution in [0, 0.1) is 13.8 Å². The van der Waals surface area contributed by atoms with Crippen molar-refractivity contribution in [1.29, 1.82) is 0 Å². The van der Waals surface area contributed by atoms with Crippen LogP contribution in [0.3, 0.4) is 0 Å². The predicted octanol–water partition coefficient (Wildman–Crippen LogP) is 2.09. The molecule has 0 amide bonds. The van der Waals surface area contributed by atoms with Gasteiger partial charge in [-0.25, -0.2) is 14.5 Å². The molecule has 0 aliphatic carbocycles. The Morgan fingerprint density at radius 1 is 1.26 bits per heavy atom. The monoisotopic (exact) mass is 273 g/mol. The minimum atomic E-state index is 0.777. The smallest absolute Gasteiger partial charge is 0.155 e. The third-order valence-electron chi connectivity index (χ3n) is 2.95. The Bertz CT molecular complexity index is 700. The number of hydrogen-bond donors (Lipinski definition) is 1. The van der Waals surface area contributed by atoms with Gasteiger partial charge in [-0.15, -0.1) is 11.3 Å². The van der Waals surface area contributed by atoms with E-state index in [9.17, 15) is 0 Å². The molecule has 98 valence electrons. The van der Waals surface area contributed by atoms with Gasteiger partial charge in [0.15, 0.2) is 5.65 Å². The molecule has 3 heterocycles. The number of fused-ring (bicyclic) bond motifs is 1. The van der Waals surface area contributed by atoms with E-state index >= 15 is 0 Å². The summed E-state index contributed by atoms with van der Waals surface area (Å²) in [5.41, 5.74) is 5.98. The van der Waals surface area contributed by atoms with E-state index in [1.165, 1.54) is 4.88 Å². The molecule has 5 nitrogen and oxygen atoms in total. The molecule has 0 aliphatic rings. The quantitative estimate of drug-likeness (QED) is 0.791. The molecule has 0 aromatic carbocycles. The lowest BCUT2D eigenvalue weighted by molar-refractivity contribution is 0.689. The molecule has 6 heteroatoms. The maximum atomic E-state index is 4.39. The van der Waals surface area contributed by atoms with Gasteiger partial charge in [-0.05, 0) is 13.8 Å². The minimum Gasteiger partial charge on any atom is -0.308 e. The summed E-state index contributed by atoms with van der Waals surface area (Å²) < 4.78 is 1.82. The molecular weight excluding hydrogens is 258 g/mol. The summed E-state index contributed by atoms with van der Waals surface area (Å²) >= 11 is 1.68. The van der Waals surface area contributed by atoms with Gasteiger partial charge in [0.25, 0.3) is 0 Å². The van der Waals surface area contributed by atoms with E-state index in [1.807, 2.05) is 42.3 Å². The van der Waals surface area contributed by atoms with Gasteiger partial charge in [0, 0.05) is 42.0 Å². The highest BCUT2D eigenvalue weighted by atomic mass is 32.1. The lowest BCUT2D eigenvalue weighted by atomic mass is 10.3. The fraction of sp³-hybridized carbons (Fsp3) is 0.308. The second kappa shape index (κ2) is 5.07. The van der Waals surface area contributed by atoms with Crippen molar-refractivity contribution in [1.82, 2.24) is 24.9 Å². The fourth-order valence-electron chi connectivity index (χ4n) is 1.94. The van der Waals surface area contributed by atoms with Crippen LogP contribution >= 0.6 is 11.3 Å². The zero-order chi connectivity index (χ0) is 13.2. The van der Waals surface area contributed by atoms with E-state index in [0.717, 1.165) is 35.7 Å². The van der Waals surface area contributed by atoms with Crippen molar-refractivity contribution in [2.45, 2.75) is 26.9 Å². The summed E-state index contributed by atoms with van der Waals surface area (Å²) in [7, 11) is 0. The van der Waals surface area contributed by atoms with Crippen molar-refractivity contribution < 1.29 is 0 Å². The van der Waals surface area contributed by atoms with Crippen LogP contribution in [0.4, 0.5) is 0 Å². The lowest BCUT2D eigenvalue weighted by Crippen LogP contribution is -2.13. The molecule has 0 radical (unpaired) electrons. The summed E-state index contributed by atoms with van der Waals surface area (Å²) in [5, 5.41) is 7.77. The van der Waals surface area contributed by atoms with E-state index in [-0.39, 0.29) is 0 Å². The summed E-state index contributed by atoms with van der Waals surface area (Å²) in [6, 6.07) is 1.97. The van der Waals surface area contributed by atoms with Gasteiger partial charge in [-0.1, -0.05) is 0 Å². The Hall–Kier alpha value is -1.79. The molecule has 1 N–H and O–H groups in total. The molecule has 3 aromatic rings. The normalized spacial score (nSPS) is 11.3. The summed E-state index contributed by atoms with van der Waals surface area (Å²) in [4.78, 5) is 9.91. The Labute approximate surface area is 115 Å². The van der Waals surface area contributed by atoms with Gasteiger partial charge in [0.2, 0.25) is 0 Å². The molecule has 0 unspecified atom stereocenters. The zero-order valence-electron chi connectivity index (χ0n) is 10.9. The lowest BCUT2D eigenvalue weighted by Gasteiger charge is -2.04. The maximum Gasteiger partial charge on any atom is 0.155 e. The van der Waals surface area contributed by atoms with Crippen molar-refractivity contribution in [2.75, 3.05) is 0 Å². The van der Waals surface area contributed by atoms with Crippen LogP contribution in [-0.2, 0) is 13.1 Å². The van der Waals surface area contributed by atoms with Crippen molar-refractivity contribution in [3.63, 3.8) is 0 Å². The topological polar surface area (TPSA) is 55.1 Å². The summed E-state index contributed by atoms with van der Waals surface area (Å²) in [6.07, 6.45) is 3.91. The molecular formula is C13H15N5S. The van der Waals surface area contributed by atoms with Gasteiger partial charge in [0.05, 0.1) is 16.9 Å². The van der Waals surface area contributed by atoms with Crippen molar-refractivity contribution >= 4 is 17.0 Å². The first-order chi connectivity index (χ1) is 9.22. The van der Waals surface area contributed by atoms with Crippen LogP contribution < -0.4 is 5.32 Å². The van der Waals surface area contributed by atoms with E-state index in [2.05, 4.69) is 20.4 Å². The fourth-order valence-corrected chi connectivity index (χ4v) is 2.69.